The van der Waals surface area contributed by atoms with Crippen molar-refractivity contribution in [2.24, 2.45) is 0 Å². The van der Waals surface area contributed by atoms with Gasteiger partial charge in [-0.1, -0.05) is 38.1 Å². The first-order chi connectivity index (χ1) is 8.74. The Bertz CT molecular complexity index is 484. The zero-order valence-corrected chi connectivity index (χ0v) is 12.2. The quantitative estimate of drug-likeness (QED) is 0.824. The van der Waals surface area contributed by atoms with Gasteiger partial charge in [0.2, 0.25) is 0 Å². The number of hydrogen-bond acceptors (Lipinski definition) is 2. The minimum atomic E-state index is 0.655. The highest BCUT2D eigenvalue weighted by molar-refractivity contribution is 7.15. The zero-order valence-electron chi connectivity index (χ0n) is 11.4. The maximum atomic E-state index is 3.19. The van der Waals surface area contributed by atoms with Crippen LogP contribution in [0.1, 0.15) is 36.6 Å². The molecule has 1 N–H and O–H groups in total. The standard InChI is InChI=1S/C16H21NS/c1-4-12(2)13-5-7-14(8-6-13)16-10-9-15(18-16)11-17-3/h5-10,12,17H,4,11H2,1-3H3. The van der Waals surface area contributed by atoms with E-state index in [-0.39, 0.29) is 0 Å². The molecule has 0 spiro atoms. The van der Waals surface area contributed by atoms with Crippen LogP contribution in [0.3, 0.4) is 0 Å². The molecule has 2 aromatic rings. The molecule has 1 aromatic carbocycles. The third-order valence-electron chi connectivity index (χ3n) is 3.39. The van der Waals surface area contributed by atoms with Crippen molar-refractivity contribution in [2.45, 2.75) is 32.7 Å². The predicted molar refractivity (Wildman–Crippen MR) is 81.2 cm³/mol. The summed E-state index contributed by atoms with van der Waals surface area (Å²) < 4.78 is 0. The van der Waals surface area contributed by atoms with Crippen LogP contribution in [0.5, 0.6) is 0 Å². The first-order valence-electron chi connectivity index (χ1n) is 6.58. The van der Waals surface area contributed by atoms with Crippen LogP contribution in [-0.4, -0.2) is 7.05 Å². The third kappa shape index (κ3) is 3.01. The van der Waals surface area contributed by atoms with Crippen LogP contribution in [0.4, 0.5) is 0 Å². The summed E-state index contributed by atoms with van der Waals surface area (Å²) in [5.41, 5.74) is 2.77. The number of benzene rings is 1. The monoisotopic (exact) mass is 259 g/mol. The summed E-state index contributed by atoms with van der Waals surface area (Å²) in [6, 6.07) is 13.4. The van der Waals surface area contributed by atoms with Crippen LogP contribution >= 0.6 is 11.3 Å². The summed E-state index contributed by atoms with van der Waals surface area (Å²) in [6.07, 6.45) is 1.20. The molecule has 1 nitrogen and oxygen atoms in total. The molecule has 0 aliphatic carbocycles. The Labute approximate surface area is 114 Å². The van der Waals surface area contributed by atoms with Crippen molar-refractivity contribution in [3.63, 3.8) is 0 Å². The number of hydrogen-bond donors (Lipinski definition) is 1. The summed E-state index contributed by atoms with van der Waals surface area (Å²) >= 11 is 1.87. The SMILES string of the molecule is CCC(C)c1ccc(-c2ccc(CNC)s2)cc1. The van der Waals surface area contributed by atoms with E-state index in [1.807, 2.05) is 18.4 Å². The van der Waals surface area contributed by atoms with E-state index in [1.54, 1.807) is 0 Å². The average Bonchev–Trinajstić information content (AvgIpc) is 2.87. The minimum absolute atomic E-state index is 0.655. The highest BCUT2D eigenvalue weighted by Gasteiger charge is 2.05. The first-order valence-corrected chi connectivity index (χ1v) is 7.40. The summed E-state index contributed by atoms with van der Waals surface area (Å²) in [7, 11) is 1.99. The van der Waals surface area contributed by atoms with Crippen LogP contribution < -0.4 is 5.32 Å². The molecule has 0 bridgehead atoms. The Morgan fingerprint density at radius 2 is 1.83 bits per heavy atom. The van der Waals surface area contributed by atoms with E-state index >= 15 is 0 Å². The summed E-state index contributed by atoms with van der Waals surface area (Å²) in [4.78, 5) is 2.74. The molecule has 1 unspecified atom stereocenters. The van der Waals surface area contributed by atoms with Crippen LogP contribution in [0.15, 0.2) is 36.4 Å². The fourth-order valence-corrected chi connectivity index (χ4v) is 3.04. The fourth-order valence-electron chi connectivity index (χ4n) is 2.01. The normalized spacial score (nSPS) is 12.6. The van der Waals surface area contributed by atoms with Gasteiger partial charge in [-0.3, -0.25) is 0 Å². The molecule has 0 radical (unpaired) electrons. The molecule has 0 saturated heterocycles. The van der Waals surface area contributed by atoms with Crippen molar-refractivity contribution in [2.75, 3.05) is 7.05 Å². The second-order valence-corrected chi connectivity index (χ2v) is 5.90. The van der Waals surface area contributed by atoms with Crippen molar-refractivity contribution in [3.8, 4) is 10.4 Å². The van der Waals surface area contributed by atoms with Crippen LogP contribution in [0.25, 0.3) is 10.4 Å². The van der Waals surface area contributed by atoms with Gasteiger partial charge in [-0.05, 0) is 42.6 Å². The molecule has 1 heterocycles. The molecule has 1 aromatic heterocycles. The van der Waals surface area contributed by atoms with Gasteiger partial charge in [0.15, 0.2) is 0 Å². The van der Waals surface area contributed by atoms with Crippen molar-refractivity contribution >= 4 is 11.3 Å². The number of thiophene rings is 1. The van der Waals surface area contributed by atoms with Crippen LogP contribution in [-0.2, 0) is 6.54 Å². The van der Waals surface area contributed by atoms with Gasteiger partial charge in [0.05, 0.1) is 0 Å². The fraction of sp³-hybridized carbons (Fsp3) is 0.375. The van der Waals surface area contributed by atoms with E-state index in [4.69, 9.17) is 0 Å². The largest absolute Gasteiger partial charge is 0.315 e. The average molecular weight is 259 g/mol. The van der Waals surface area contributed by atoms with Gasteiger partial charge in [-0.2, -0.15) is 0 Å². The summed E-state index contributed by atoms with van der Waals surface area (Å²) in [5.74, 6) is 0.655. The Hall–Kier alpha value is -1.12. The van der Waals surface area contributed by atoms with E-state index in [9.17, 15) is 0 Å². The third-order valence-corrected chi connectivity index (χ3v) is 4.52. The van der Waals surface area contributed by atoms with Crippen molar-refractivity contribution < 1.29 is 0 Å². The summed E-state index contributed by atoms with van der Waals surface area (Å²) in [6.45, 7) is 5.47. The number of rotatable bonds is 5. The van der Waals surface area contributed by atoms with E-state index in [0.717, 1.165) is 6.54 Å². The van der Waals surface area contributed by atoms with Crippen molar-refractivity contribution in [1.29, 1.82) is 0 Å². The first kappa shape index (κ1) is 13.3. The second kappa shape index (κ2) is 6.17. The molecule has 0 aliphatic heterocycles. The Morgan fingerprint density at radius 1 is 1.11 bits per heavy atom. The Balaban J connectivity index is 2.17. The lowest BCUT2D eigenvalue weighted by atomic mass is 9.97. The molecule has 2 heteroatoms. The molecular weight excluding hydrogens is 238 g/mol. The topological polar surface area (TPSA) is 12.0 Å². The zero-order chi connectivity index (χ0) is 13.0. The molecule has 0 amide bonds. The molecule has 0 fully saturated rings. The van der Waals surface area contributed by atoms with Crippen molar-refractivity contribution in [1.82, 2.24) is 5.32 Å². The van der Waals surface area contributed by atoms with Gasteiger partial charge in [0.25, 0.3) is 0 Å². The van der Waals surface area contributed by atoms with E-state index in [0.29, 0.717) is 5.92 Å². The van der Waals surface area contributed by atoms with E-state index < -0.39 is 0 Å². The van der Waals surface area contributed by atoms with Gasteiger partial charge < -0.3 is 5.32 Å². The summed E-state index contributed by atoms with van der Waals surface area (Å²) in [5, 5.41) is 3.19. The smallest absolute Gasteiger partial charge is 0.0346 e. The Morgan fingerprint density at radius 3 is 2.44 bits per heavy atom. The lowest BCUT2D eigenvalue weighted by Crippen LogP contribution is -2.02. The van der Waals surface area contributed by atoms with Crippen LogP contribution in [0.2, 0.25) is 0 Å². The molecule has 0 saturated carbocycles. The van der Waals surface area contributed by atoms with Crippen molar-refractivity contribution in [3.05, 3.63) is 46.8 Å². The number of nitrogens with one attached hydrogen (secondary N) is 1. The molecule has 1 atom stereocenters. The van der Waals surface area contributed by atoms with E-state index in [2.05, 4.69) is 55.6 Å². The lowest BCUT2D eigenvalue weighted by Gasteiger charge is -2.09. The van der Waals surface area contributed by atoms with Gasteiger partial charge in [-0.15, -0.1) is 11.3 Å². The van der Waals surface area contributed by atoms with E-state index in [1.165, 1.54) is 27.3 Å². The molecule has 2 rings (SSSR count). The highest BCUT2D eigenvalue weighted by atomic mass is 32.1. The maximum absolute atomic E-state index is 3.19. The maximum Gasteiger partial charge on any atom is 0.0346 e. The lowest BCUT2D eigenvalue weighted by molar-refractivity contribution is 0.734. The molecule has 18 heavy (non-hydrogen) atoms. The molecule has 0 aliphatic rings. The molecule has 96 valence electrons. The Kier molecular flexibility index (Phi) is 4.56. The van der Waals surface area contributed by atoms with Gasteiger partial charge in [0.1, 0.15) is 0 Å². The highest BCUT2D eigenvalue weighted by Crippen LogP contribution is 2.29. The predicted octanol–water partition coefficient (Wildman–Crippen LogP) is 4.65. The molecular formula is C16H21NS. The van der Waals surface area contributed by atoms with Gasteiger partial charge in [-0.25, -0.2) is 0 Å². The van der Waals surface area contributed by atoms with Crippen LogP contribution in [0, 0.1) is 0 Å². The minimum Gasteiger partial charge on any atom is -0.315 e. The van der Waals surface area contributed by atoms with Gasteiger partial charge >= 0.3 is 0 Å². The second-order valence-electron chi connectivity index (χ2n) is 4.73. The van der Waals surface area contributed by atoms with Gasteiger partial charge in [0, 0.05) is 16.3 Å².